The van der Waals surface area contributed by atoms with Crippen LogP contribution in [-0.2, 0) is 0 Å². The molecule has 0 saturated carbocycles. The first kappa shape index (κ1) is 15.3. The van der Waals surface area contributed by atoms with Crippen LogP contribution in [0.3, 0.4) is 0 Å². The summed E-state index contributed by atoms with van der Waals surface area (Å²) >= 11 is 7.21. The van der Waals surface area contributed by atoms with E-state index in [-0.39, 0.29) is 12.1 Å². The van der Waals surface area contributed by atoms with Crippen LogP contribution in [-0.4, -0.2) is 17.3 Å². The molecule has 2 N–H and O–H groups in total. The van der Waals surface area contributed by atoms with E-state index >= 15 is 0 Å². The van der Waals surface area contributed by atoms with Gasteiger partial charge in [0.25, 0.3) is 0 Å². The molecule has 0 aromatic heterocycles. The number of aliphatic hydroxyl groups is 1. The first-order valence-corrected chi connectivity index (χ1v) is 9.08. The van der Waals surface area contributed by atoms with Crippen LogP contribution in [0.2, 0.25) is 0 Å². The molecular weight excluding hydrogens is 366 g/mol. The molecule has 3 rings (SSSR count). The van der Waals surface area contributed by atoms with Gasteiger partial charge in [0.2, 0.25) is 0 Å². The van der Waals surface area contributed by atoms with E-state index in [2.05, 4.69) is 57.6 Å². The molecule has 0 aliphatic carbocycles. The van der Waals surface area contributed by atoms with Gasteiger partial charge in [-0.15, -0.1) is 0 Å². The number of fused-ring (bicyclic) bond motifs is 2. The Hall–Kier alpha value is -0.620. The van der Waals surface area contributed by atoms with Crippen LogP contribution in [0.4, 0.5) is 5.69 Å². The van der Waals surface area contributed by atoms with Gasteiger partial charge in [0.1, 0.15) is 0 Å². The molecule has 2 aromatic rings. The summed E-state index contributed by atoms with van der Waals surface area (Å²) < 4.78 is 1.15. The molecule has 0 bridgehead atoms. The first-order valence-electron chi connectivity index (χ1n) is 6.66. The summed E-state index contributed by atoms with van der Waals surface area (Å²) in [6, 6.07) is 12.7. The van der Waals surface area contributed by atoms with Gasteiger partial charge in [0, 0.05) is 29.7 Å². The largest absolute Gasteiger partial charge is 0.394 e. The van der Waals surface area contributed by atoms with Gasteiger partial charge in [-0.05, 0) is 60.1 Å². The van der Waals surface area contributed by atoms with Crippen molar-refractivity contribution in [3.63, 3.8) is 0 Å². The maximum Gasteiger partial charge on any atom is 0.0656 e. The summed E-state index contributed by atoms with van der Waals surface area (Å²) in [6.07, 6.45) is 0. The van der Waals surface area contributed by atoms with E-state index in [1.165, 1.54) is 19.6 Å². The standard InChI is InChI=1S/C16H16BrNOS2/c1-16(2,9-19)18-10-6-7-12-14(8-10)20-13-5-3-4-11(17)15(13)21-12/h3-8,18-19H,9H2,1-2H3. The van der Waals surface area contributed by atoms with Crippen LogP contribution >= 0.6 is 39.5 Å². The predicted molar refractivity (Wildman–Crippen MR) is 93.6 cm³/mol. The van der Waals surface area contributed by atoms with E-state index < -0.39 is 0 Å². The molecule has 21 heavy (non-hydrogen) atoms. The highest BCUT2D eigenvalue weighted by molar-refractivity contribution is 9.10. The van der Waals surface area contributed by atoms with Crippen molar-refractivity contribution in [2.45, 2.75) is 39.0 Å². The average molecular weight is 382 g/mol. The molecular formula is C16H16BrNOS2. The average Bonchev–Trinajstić information content (AvgIpc) is 2.45. The second-order valence-corrected chi connectivity index (χ2v) is 8.59. The molecule has 0 radical (unpaired) electrons. The van der Waals surface area contributed by atoms with E-state index in [0.29, 0.717) is 0 Å². The summed E-state index contributed by atoms with van der Waals surface area (Å²) in [5.74, 6) is 0. The third kappa shape index (κ3) is 3.26. The van der Waals surface area contributed by atoms with Crippen molar-refractivity contribution in [1.82, 2.24) is 0 Å². The molecule has 0 atom stereocenters. The Morgan fingerprint density at radius 2 is 1.90 bits per heavy atom. The number of halogens is 1. The van der Waals surface area contributed by atoms with Gasteiger partial charge in [-0.1, -0.05) is 29.6 Å². The van der Waals surface area contributed by atoms with Gasteiger partial charge < -0.3 is 10.4 Å². The molecule has 0 saturated heterocycles. The van der Waals surface area contributed by atoms with Crippen LogP contribution in [0, 0.1) is 0 Å². The second-order valence-electron chi connectivity index (χ2n) is 5.60. The SMILES string of the molecule is CC(C)(CO)Nc1ccc2c(c1)Sc1cccc(Br)c1S2. The Labute approximate surface area is 141 Å². The van der Waals surface area contributed by atoms with Crippen molar-refractivity contribution >= 4 is 45.1 Å². The normalized spacial score (nSPS) is 13.5. The van der Waals surface area contributed by atoms with Crippen molar-refractivity contribution in [2.75, 3.05) is 11.9 Å². The minimum atomic E-state index is -0.318. The zero-order valence-electron chi connectivity index (χ0n) is 11.8. The third-order valence-electron chi connectivity index (χ3n) is 3.18. The van der Waals surface area contributed by atoms with Crippen molar-refractivity contribution in [1.29, 1.82) is 0 Å². The fourth-order valence-electron chi connectivity index (χ4n) is 2.08. The van der Waals surface area contributed by atoms with Crippen molar-refractivity contribution in [3.05, 3.63) is 40.9 Å². The van der Waals surface area contributed by atoms with Crippen LogP contribution in [0.1, 0.15) is 13.8 Å². The fraction of sp³-hybridized carbons (Fsp3) is 0.250. The lowest BCUT2D eigenvalue weighted by atomic mass is 10.1. The molecule has 1 heterocycles. The summed E-state index contributed by atoms with van der Waals surface area (Å²) in [5.41, 5.74) is 0.723. The fourth-order valence-corrected chi connectivity index (χ4v) is 5.11. The Balaban J connectivity index is 1.91. The Bertz CT molecular complexity index is 688. The molecule has 0 spiro atoms. The Morgan fingerprint density at radius 1 is 1.10 bits per heavy atom. The number of hydrogen-bond donors (Lipinski definition) is 2. The molecule has 1 aliphatic heterocycles. The van der Waals surface area contributed by atoms with Gasteiger partial charge in [0.05, 0.1) is 12.1 Å². The van der Waals surface area contributed by atoms with Gasteiger partial charge in [-0.2, -0.15) is 0 Å². The summed E-state index contributed by atoms with van der Waals surface area (Å²) in [5, 5.41) is 12.7. The topological polar surface area (TPSA) is 32.3 Å². The lowest BCUT2D eigenvalue weighted by Crippen LogP contribution is -2.34. The van der Waals surface area contributed by atoms with Gasteiger partial charge in [-0.25, -0.2) is 0 Å². The van der Waals surface area contributed by atoms with Gasteiger partial charge in [-0.3, -0.25) is 0 Å². The minimum Gasteiger partial charge on any atom is -0.394 e. The quantitative estimate of drug-likeness (QED) is 0.648. The molecule has 2 aromatic carbocycles. The molecule has 1 aliphatic rings. The highest BCUT2D eigenvalue weighted by Gasteiger charge is 2.21. The Kier molecular flexibility index (Phi) is 4.28. The van der Waals surface area contributed by atoms with E-state index in [9.17, 15) is 5.11 Å². The number of benzene rings is 2. The van der Waals surface area contributed by atoms with Gasteiger partial charge in [0.15, 0.2) is 0 Å². The van der Waals surface area contributed by atoms with Crippen LogP contribution < -0.4 is 5.32 Å². The van der Waals surface area contributed by atoms with E-state index in [0.717, 1.165) is 10.2 Å². The van der Waals surface area contributed by atoms with Crippen molar-refractivity contribution < 1.29 is 5.11 Å². The molecule has 0 unspecified atom stereocenters. The lowest BCUT2D eigenvalue weighted by Gasteiger charge is -2.26. The van der Waals surface area contributed by atoms with E-state index in [4.69, 9.17) is 0 Å². The maximum absolute atomic E-state index is 9.38. The van der Waals surface area contributed by atoms with Gasteiger partial charge >= 0.3 is 0 Å². The predicted octanol–water partition coefficient (Wildman–Crippen LogP) is 5.25. The number of nitrogens with one attached hydrogen (secondary N) is 1. The highest BCUT2D eigenvalue weighted by atomic mass is 79.9. The van der Waals surface area contributed by atoms with Crippen molar-refractivity contribution in [3.8, 4) is 0 Å². The number of anilines is 1. The molecule has 5 heteroatoms. The molecule has 2 nitrogen and oxygen atoms in total. The minimum absolute atomic E-state index is 0.0990. The zero-order valence-corrected chi connectivity index (χ0v) is 15.0. The van der Waals surface area contributed by atoms with E-state index in [1.807, 2.05) is 13.8 Å². The van der Waals surface area contributed by atoms with Crippen LogP contribution in [0.5, 0.6) is 0 Å². The van der Waals surface area contributed by atoms with Crippen molar-refractivity contribution in [2.24, 2.45) is 0 Å². The second kappa shape index (κ2) is 5.88. The maximum atomic E-state index is 9.38. The first-order chi connectivity index (χ1) is 9.98. The Morgan fingerprint density at radius 3 is 2.67 bits per heavy atom. The summed E-state index contributed by atoms with van der Waals surface area (Å²) in [6.45, 7) is 4.07. The molecule has 110 valence electrons. The number of aliphatic hydroxyl groups excluding tert-OH is 1. The van der Waals surface area contributed by atoms with Crippen LogP contribution in [0.15, 0.2) is 60.5 Å². The third-order valence-corrected chi connectivity index (χ3v) is 6.70. The molecule has 0 fully saturated rings. The zero-order chi connectivity index (χ0) is 15.0. The van der Waals surface area contributed by atoms with Crippen LogP contribution in [0.25, 0.3) is 0 Å². The lowest BCUT2D eigenvalue weighted by molar-refractivity contribution is 0.234. The molecule has 0 amide bonds. The number of rotatable bonds is 3. The number of hydrogen-bond acceptors (Lipinski definition) is 4. The summed E-state index contributed by atoms with van der Waals surface area (Å²) in [4.78, 5) is 5.09. The summed E-state index contributed by atoms with van der Waals surface area (Å²) in [7, 11) is 0. The highest BCUT2D eigenvalue weighted by Crippen LogP contribution is 2.51. The van der Waals surface area contributed by atoms with E-state index in [1.54, 1.807) is 23.5 Å². The smallest absolute Gasteiger partial charge is 0.0656 e. The monoisotopic (exact) mass is 381 g/mol.